The van der Waals surface area contributed by atoms with Gasteiger partial charge in [0.25, 0.3) is 5.91 Å². The number of amides is 1. The number of hydrogen-bond acceptors (Lipinski definition) is 8. The van der Waals surface area contributed by atoms with Crippen molar-refractivity contribution in [2.45, 2.75) is 24.3 Å². The number of nitrogens with zero attached hydrogens (tertiary/aromatic N) is 1. The monoisotopic (exact) mass is 330 g/mol. The molecule has 0 aromatic rings. The van der Waals surface area contributed by atoms with Gasteiger partial charge in [0.2, 0.25) is 0 Å². The van der Waals surface area contributed by atoms with Crippen molar-refractivity contribution in [1.82, 2.24) is 0 Å². The third-order valence-corrected chi connectivity index (χ3v) is 5.37. The van der Waals surface area contributed by atoms with Crippen LogP contribution >= 0.6 is 23.5 Å². The number of hydrogen-bond donors (Lipinski definition) is 1. The van der Waals surface area contributed by atoms with Gasteiger partial charge in [-0.1, -0.05) is 0 Å². The molecular weight excluding hydrogens is 316 g/mol. The Kier molecular flexibility index (Phi) is 6.58. The summed E-state index contributed by atoms with van der Waals surface area (Å²) < 4.78 is 10.0. The van der Waals surface area contributed by atoms with Crippen molar-refractivity contribution in [3.05, 3.63) is 9.81 Å². The van der Waals surface area contributed by atoms with Gasteiger partial charge in [-0.25, -0.2) is 0 Å². The van der Waals surface area contributed by atoms with E-state index in [1.807, 2.05) is 0 Å². The van der Waals surface area contributed by atoms with Crippen molar-refractivity contribution >= 4 is 41.4 Å². The summed E-state index contributed by atoms with van der Waals surface area (Å²) in [5, 5.41) is 7.21. The number of nitrogens with two attached hydrogens (primary N) is 1. The molecule has 1 amide bonds. The molecule has 1 fully saturated rings. The predicted octanol–water partition coefficient (Wildman–Crippen LogP) is 0.550. The molecule has 1 aliphatic heterocycles. The zero-order valence-corrected chi connectivity index (χ0v) is 13.1. The summed E-state index contributed by atoms with van der Waals surface area (Å²) in [4.78, 5) is 35.0. The fraction of sp³-hybridized carbons (Fsp3) is 0.500. The normalized spacial score (nSPS) is 20.5. The number of thioether (sulfide) groups is 2. The summed E-state index contributed by atoms with van der Waals surface area (Å²) in [6, 6.07) is 1.69. The summed E-state index contributed by atoms with van der Waals surface area (Å²) in [6.45, 7) is 3.61. The molecule has 2 atom stereocenters. The maximum Gasteiger partial charge on any atom is 0.321 e. The number of carbonyl (C=O) groups excluding carboxylic acids is 3. The van der Waals surface area contributed by atoms with E-state index in [2.05, 4.69) is 0 Å². The second-order valence-corrected chi connectivity index (χ2v) is 6.28. The Labute approximate surface area is 130 Å². The standard InChI is InChI=1S/C12H14N2O5S2/c1-3-18-10(16)7-8(11(17)19-4-2)21-12(20-7)6(5-13)9(14)15/h7-8H,3-4H2,1-2H3,(H2,14,15). The van der Waals surface area contributed by atoms with Crippen molar-refractivity contribution in [3.8, 4) is 6.07 Å². The first kappa shape index (κ1) is 17.4. The van der Waals surface area contributed by atoms with Crippen molar-refractivity contribution in [2.24, 2.45) is 5.73 Å². The first-order valence-electron chi connectivity index (χ1n) is 6.06. The van der Waals surface area contributed by atoms with Crippen LogP contribution in [0.1, 0.15) is 13.8 Å². The highest BCUT2D eigenvalue weighted by Gasteiger charge is 2.45. The molecule has 2 N–H and O–H groups in total. The van der Waals surface area contributed by atoms with Gasteiger partial charge in [-0.15, -0.1) is 23.5 Å². The highest BCUT2D eigenvalue weighted by molar-refractivity contribution is 8.26. The van der Waals surface area contributed by atoms with Crippen LogP contribution in [0.3, 0.4) is 0 Å². The fourth-order valence-corrected chi connectivity index (χ4v) is 4.46. The SMILES string of the molecule is CCOC(=O)C1SC(=C(C#N)C(N)=O)SC1C(=O)OCC. The Balaban J connectivity index is 3.10. The minimum absolute atomic E-state index is 0.163. The highest BCUT2D eigenvalue weighted by Crippen LogP contribution is 2.49. The molecule has 0 radical (unpaired) electrons. The van der Waals surface area contributed by atoms with E-state index in [1.165, 1.54) is 0 Å². The summed E-state index contributed by atoms with van der Waals surface area (Å²) in [5.74, 6) is -2.09. The van der Waals surface area contributed by atoms with Crippen molar-refractivity contribution in [3.63, 3.8) is 0 Å². The number of primary amides is 1. The Morgan fingerprint density at radius 2 is 1.57 bits per heavy atom. The molecule has 1 aliphatic rings. The lowest BCUT2D eigenvalue weighted by atomic mass is 10.3. The molecule has 0 aromatic heterocycles. The molecule has 7 nitrogen and oxygen atoms in total. The van der Waals surface area contributed by atoms with Crippen molar-refractivity contribution < 1.29 is 23.9 Å². The van der Waals surface area contributed by atoms with E-state index in [0.717, 1.165) is 23.5 Å². The number of carbonyl (C=O) groups is 3. The number of rotatable bonds is 5. The van der Waals surface area contributed by atoms with Gasteiger partial charge in [0.05, 0.1) is 17.5 Å². The second kappa shape index (κ2) is 7.95. The Morgan fingerprint density at radius 1 is 1.14 bits per heavy atom. The van der Waals surface area contributed by atoms with E-state index in [9.17, 15) is 14.4 Å². The Hall–Kier alpha value is -1.66. The van der Waals surface area contributed by atoms with Gasteiger partial charge in [-0.05, 0) is 13.8 Å². The van der Waals surface area contributed by atoms with Crippen LogP contribution in [0, 0.1) is 11.3 Å². The van der Waals surface area contributed by atoms with Gasteiger partial charge in [0.1, 0.15) is 22.1 Å². The number of esters is 2. The van der Waals surface area contributed by atoms with Gasteiger partial charge < -0.3 is 15.2 Å². The van der Waals surface area contributed by atoms with Crippen LogP contribution in [0.5, 0.6) is 0 Å². The topological polar surface area (TPSA) is 119 Å². The van der Waals surface area contributed by atoms with E-state index in [4.69, 9.17) is 20.5 Å². The third-order valence-electron chi connectivity index (χ3n) is 2.34. The van der Waals surface area contributed by atoms with Gasteiger partial charge >= 0.3 is 11.9 Å². The van der Waals surface area contributed by atoms with Crippen LogP contribution in [0.25, 0.3) is 0 Å². The minimum atomic E-state index is -0.903. The molecular formula is C12H14N2O5S2. The van der Waals surface area contributed by atoms with Gasteiger partial charge in [-0.3, -0.25) is 14.4 Å². The average Bonchev–Trinajstić information content (AvgIpc) is 2.84. The zero-order chi connectivity index (χ0) is 16.0. The summed E-state index contributed by atoms with van der Waals surface area (Å²) in [6.07, 6.45) is 0. The summed E-state index contributed by atoms with van der Waals surface area (Å²) in [5.41, 5.74) is 4.84. The largest absolute Gasteiger partial charge is 0.465 e. The van der Waals surface area contributed by atoms with Crippen molar-refractivity contribution in [1.29, 1.82) is 5.26 Å². The van der Waals surface area contributed by atoms with Crippen molar-refractivity contribution in [2.75, 3.05) is 13.2 Å². The quantitative estimate of drug-likeness (QED) is 0.441. The summed E-state index contributed by atoms with van der Waals surface area (Å²) in [7, 11) is 0. The van der Waals surface area contributed by atoms with Crippen LogP contribution in [-0.2, 0) is 23.9 Å². The first-order chi connectivity index (χ1) is 9.96. The third kappa shape index (κ3) is 4.15. The minimum Gasteiger partial charge on any atom is -0.465 e. The molecule has 114 valence electrons. The maximum absolute atomic E-state index is 11.9. The molecule has 1 heterocycles. The maximum atomic E-state index is 11.9. The molecule has 9 heteroatoms. The van der Waals surface area contributed by atoms with Crippen LogP contribution in [0.4, 0.5) is 0 Å². The summed E-state index contributed by atoms with van der Waals surface area (Å²) >= 11 is 1.85. The predicted molar refractivity (Wildman–Crippen MR) is 77.9 cm³/mol. The molecule has 0 aliphatic carbocycles. The van der Waals surface area contributed by atoms with E-state index in [1.54, 1.807) is 19.9 Å². The lowest BCUT2D eigenvalue weighted by Crippen LogP contribution is -2.34. The average molecular weight is 330 g/mol. The molecule has 1 saturated heterocycles. The van der Waals surface area contributed by atoms with E-state index >= 15 is 0 Å². The molecule has 21 heavy (non-hydrogen) atoms. The second-order valence-electron chi connectivity index (χ2n) is 3.72. The smallest absolute Gasteiger partial charge is 0.321 e. The van der Waals surface area contributed by atoms with Crippen LogP contribution < -0.4 is 5.73 Å². The fourth-order valence-electron chi connectivity index (χ4n) is 1.49. The van der Waals surface area contributed by atoms with Gasteiger partial charge in [-0.2, -0.15) is 5.26 Å². The van der Waals surface area contributed by atoms with E-state index in [-0.39, 0.29) is 23.0 Å². The highest BCUT2D eigenvalue weighted by atomic mass is 32.2. The molecule has 0 bridgehead atoms. The first-order valence-corrected chi connectivity index (χ1v) is 7.82. The molecule has 0 aromatic carbocycles. The van der Waals surface area contributed by atoms with Crippen LogP contribution in [0.15, 0.2) is 9.81 Å². The van der Waals surface area contributed by atoms with Crippen LogP contribution in [0.2, 0.25) is 0 Å². The lowest BCUT2D eigenvalue weighted by molar-refractivity contribution is -0.148. The van der Waals surface area contributed by atoms with Gasteiger partial charge in [0, 0.05) is 0 Å². The molecule has 0 spiro atoms. The lowest BCUT2D eigenvalue weighted by Gasteiger charge is -2.14. The number of ether oxygens (including phenoxy) is 2. The zero-order valence-electron chi connectivity index (χ0n) is 11.5. The Bertz CT molecular complexity index is 498. The van der Waals surface area contributed by atoms with Crippen LogP contribution in [-0.4, -0.2) is 41.6 Å². The molecule has 0 saturated carbocycles. The van der Waals surface area contributed by atoms with Gasteiger partial charge in [0.15, 0.2) is 0 Å². The van der Waals surface area contributed by atoms with E-state index < -0.39 is 28.3 Å². The van der Waals surface area contributed by atoms with E-state index in [0.29, 0.717) is 0 Å². The molecule has 2 unspecified atom stereocenters. The number of nitriles is 1. The molecule has 1 rings (SSSR count). The Morgan fingerprint density at radius 3 is 1.86 bits per heavy atom.